The third-order valence-corrected chi connectivity index (χ3v) is 10.1. The van der Waals surface area contributed by atoms with Crippen molar-refractivity contribution in [2.75, 3.05) is 13.2 Å². The smallest absolute Gasteiger partial charge is 0.311 e. The molecule has 3 saturated heterocycles. The van der Waals surface area contributed by atoms with E-state index < -0.39 is 76.8 Å². The van der Waals surface area contributed by atoms with Crippen LogP contribution in [-0.4, -0.2) is 90.3 Å². The monoisotopic (exact) mass is 814 g/mol. The van der Waals surface area contributed by atoms with E-state index >= 15 is 0 Å². The number of aliphatic hydroxyl groups is 1. The molecule has 316 valence electrons. The third-order valence-electron chi connectivity index (χ3n) is 10.1. The highest BCUT2D eigenvalue weighted by Gasteiger charge is 2.58. The molecule has 0 saturated carbocycles. The molecule has 3 aliphatic rings. The molecule has 9 atom stereocenters. The number of ether oxygens (including phenoxy) is 5. The molecule has 1 aromatic rings. The Kier molecular flexibility index (Phi) is 16.4. The van der Waals surface area contributed by atoms with E-state index in [2.05, 4.69) is 22.3 Å². The Balaban J connectivity index is 1.17. The van der Waals surface area contributed by atoms with Crippen LogP contribution in [0.5, 0.6) is 5.75 Å². The van der Waals surface area contributed by atoms with Gasteiger partial charge in [0.15, 0.2) is 0 Å². The van der Waals surface area contributed by atoms with Crippen molar-refractivity contribution in [3.8, 4) is 5.75 Å². The molecule has 1 aromatic carbocycles. The summed E-state index contributed by atoms with van der Waals surface area (Å²) in [7, 11) is 0. The Morgan fingerprint density at radius 3 is 2.28 bits per heavy atom. The van der Waals surface area contributed by atoms with Crippen LogP contribution in [0.25, 0.3) is 0 Å². The van der Waals surface area contributed by atoms with Crippen molar-refractivity contribution >= 4 is 23.8 Å². The maximum Gasteiger partial charge on any atom is 0.311 e. The molecule has 1 spiro atoms. The fourth-order valence-corrected chi connectivity index (χ4v) is 6.80. The molecule has 4 rings (SSSR count). The van der Waals surface area contributed by atoms with Crippen LogP contribution in [0.15, 0.2) is 36.0 Å². The number of allylic oxidation sites excluding steroid dienone is 2. The number of esters is 2. The van der Waals surface area contributed by atoms with Gasteiger partial charge in [0.25, 0.3) is 0 Å². The minimum absolute atomic E-state index is 0.00542. The number of unbranched alkanes of at least 4 members (excludes halogenated alkanes) is 2. The van der Waals surface area contributed by atoms with Gasteiger partial charge in [-0.3, -0.25) is 19.2 Å². The molecule has 3 heterocycles. The van der Waals surface area contributed by atoms with E-state index in [1.807, 2.05) is 26.0 Å². The fourth-order valence-electron chi connectivity index (χ4n) is 6.80. The van der Waals surface area contributed by atoms with Gasteiger partial charge in [-0.1, -0.05) is 37.1 Å². The lowest BCUT2D eigenvalue weighted by Crippen LogP contribution is -2.50. The number of rotatable bonds is 17. The number of carbonyl (C=O) groups excluding carboxylic acids is 4. The molecule has 0 bridgehead atoms. The maximum absolute atomic E-state index is 13.7. The standard InChI is InChI=1S/C40H51F5N2O10/c1-21(10-13-28-22(2)17-27(24(4)55-28)47-30(49)15-12-23(3)54-25(5)48)11-14-29-39(52)40(20-53-40)19-26(56-29)18-31(50)46-16-8-6-7-9-32(51)57-38-36(44)34(42)33(41)35(43)37(38)45/h10-12,14-15,22-24,26-29,39,52H,6-9,13,16-20H2,1-5H3,(H,46,50)(H,47,49)/b14-11+,15-12-,21-10+/t22-,23?,24+,26+,27+,28-,29+,39+,40+/m0/s1. The van der Waals surface area contributed by atoms with Crippen LogP contribution >= 0.6 is 0 Å². The Bertz CT molecular complexity index is 1690. The van der Waals surface area contributed by atoms with Crippen LogP contribution in [-0.2, 0) is 38.1 Å². The first kappa shape index (κ1) is 45.5. The number of hydrogen-bond acceptors (Lipinski definition) is 10. The maximum atomic E-state index is 13.7. The fraction of sp³-hybridized carbons (Fsp3) is 0.600. The highest BCUT2D eigenvalue weighted by Crippen LogP contribution is 2.43. The SMILES string of the molecule is CC(=O)OC(C)/C=C\C(=O)N[C@@H]1C[C@H](C)[C@H](C/C=C(C)/C=C/[C@H]2O[C@H](CC(=O)NCCCCCC(=O)Oc3c(F)c(F)c(F)c(F)c3F)C[C@@]3(CO3)[C@@H]2O)O[C@@H]1C. The van der Waals surface area contributed by atoms with Crippen LogP contribution in [0.3, 0.4) is 0 Å². The number of epoxide rings is 1. The molecule has 12 nitrogen and oxygen atoms in total. The molecule has 0 aromatic heterocycles. The Morgan fingerprint density at radius 1 is 0.965 bits per heavy atom. The van der Waals surface area contributed by atoms with Gasteiger partial charge in [-0.05, 0) is 58.4 Å². The lowest BCUT2D eigenvalue weighted by molar-refractivity contribution is -0.145. The van der Waals surface area contributed by atoms with Gasteiger partial charge < -0.3 is 39.4 Å². The highest BCUT2D eigenvalue weighted by atomic mass is 19.2. The number of benzene rings is 1. The predicted molar refractivity (Wildman–Crippen MR) is 194 cm³/mol. The first-order valence-electron chi connectivity index (χ1n) is 19.0. The number of halogens is 5. The zero-order valence-electron chi connectivity index (χ0n) is 32.6. The van der Waals surface area contributed by atoms with Crippen molar-refractivity contribution < 1.29 is 69.9 Å². The van der Waals surface area contributed by atoms with Gasteiger partial charge in [-0.2, -0.15) is 8.78 Å². The molecule has 0 aliphatic carbocycles. The summed E-state index contributed by atoms with van der Waals surface area (Å²) in [5.41, 5.74) is 0.110. The van der Waals surface area contributed by atoms with Crippen LogP contribution < -0.4 is 15.4 Å². The van der Waals surface area contributed by atoms with E-state index in [-0.39, 0.29) is 61.8 Å². The van der Waals surface area contributed by atoms with Gasteiger partial charge >= 0.3 is 11.9 Å². The Morgan fingerprint density at radius 2 is 1.63 bits per heavy atom. The minimum Gasteiger partial charge on any atom is -0.459 e. The van der Waals surface area contributed by atoms with E-state index in [4.69, 9.17) is 18.9 Å². The summed E-state index contributed by atoms with van der Waals surface area (Å²) in [4.78, 5) is 48.2. The van der Waals surface area contributed by atoms with Crippen molar-refractivity contribution in [2.24, 2.45) is 5.92 Å². The van der Waals surface area contributed by atoms with Gasteiger partial charge in [-0.25, -0.2) is 13.2 Å². The summed E-state index contributed by atoms with van der Waals surface area (Å²) in [5, 5.41) is 16.7. The molecular weight excluding hydrogens is 763 g/mol. The van der Waals surface area contributed by atoms with Crippen molar-refractivity contribution in [1.82, 2.24) is 10.6 Å². The van der Waals surface area contributed by atoms with Crippen LogP contribution in [0, 0.1) is 35.0 Å². The summed E-state index contributed by atoms with van der Waals surface area (Å²) in [6.45, 7) is 9.43. The van der Waals surface area contributed by atoms with E-state index in [0.29, 0.717) is 38.7 Å². The van der Waals surface area contributed by atoms with Crippen molar-refractivity contribution in [3.63, 3.8) is 0 Å². The number of carbonyl (C=O) groups is 4. The second kappa shape index (κ2) is 20.5. The normalized spacial score (nSPS) is 28.1. The molecule has 1 unspecified atom stereocenters. The minimum atomic E-state index is -2.36. The van der Waals surface area contributed by atoms with Gasteiger partial charge in [0.1, 0.15) is 23.9 Å². The molecule has 3 N–H and O–H groups in total. The molecule has 3 aliphatic heterocycles. The third kappa shape index (κ3) is 12.9. The average molecular weight is 815 g/mol. The summed E-state index contributed by atoms with van der Waals surface area (Å²) < 4.78 is 94.7. The van der Waals surface area contributed by atoms with E-state index in [1.54, 1.807) is 13.0 Å². The summed E-state index contributed by atoms with van der Waals surface area (Å²) in [6, 6.07) is -0.189. The van der Waals surface area contributed by atoms with Crippen LogP contribution in [0.4, 0.5) is 22.0 Å². The van der Waals surface area contributed by atoms with Gasteiger partial charge in [-0.15, -0.1) is 0 Å². The highest BCUT2D eigenvalue weighted by molar-refractivity contribution is 5.87. The zero-order chi connectivity index (χ0) is 42.0. The average Bonchev–Trinajstić information content (AvgIpc) is 3.93. The summed E-state index contributed by atoms with van der Waals surface area (Å²) in [6.07, 6.45) is 7.73. The van der Waals surface area contributed by atoms with Gasteiger partial charge in [0, 0.05) is 32.4 Å². The first-order chi connectivity index (χ1) is 26.9. The number of aliphatic hydroxyl groups excluding tert-OH is 1. The second-order valence-electron chi connectivity index (χ2n) is 14.9. The number of nitrogens with one attached hydrogen (secondary N) is 2. The lowest BCUT2D eigenvalue weighted by atomic mass is 9.87. The number of amides is 2. The van der Waals surface area contributed by atoms with Crippen LogP contribution in [0.2, 0.25) is 0 Å². The lowest BCUT2D eigenvalue weighted by Gasteiger charge is -2.39. The zero-order valence-corrected chi connectivity index (χ0v) is 32.6. The van der Waals surface area contributed by atoms with Crippen molar-refractivity contribution in [1.29, 1.82) is 0 Å². The Hall–Kier alpha value is -4.19. The molecule has 2 amide bonds. The van der Waals surface area contributed by atoms with Crippen molar-refractivity contribution in [3.05, 3.63) is 65.0 Å². The number of hydrogen-bond donors (Lipinski definition) is 3. The van der Waals surface area contributed by atoms with E-state index in [0.717, 1.165) is 5.57 Å². The summed E-state index contributed by atoms with van der Waals surface area (Å²) in [5.74, 6) is -15.0. The van der Waals surface area contributed by atoms with Gasteiger partial charge in [0.05, 0.1) is 37.4 Å². The van der Waals surface area contributed by atoms with E-state index in [1.165, 1.54) is 19.1 Å². The first-order valence-corrected chi connectivity index (χ1v) is 19.0. The largest absolute Gasteiger partial charge is 0.459 e. The van der Waals surface area contributed by atoms with Crippen LogP contribution in [0.1, 0.15) is 86.0 Å². The molecule has 0 radical (unpaired) electrons. The quantitative estimate of drug-likeness (QED) is 0.0216. The second-order valence-corrected chi connectivity index (χ2v) is 14.9. The predicted octanol–water partition coefficient (Wildman–Crippen LogP) is 5.34. The van der Waals surface area contributed by atoms with E-state index in [9.17, 15) is 46.2 Å². The summed E-state index contributed by atoms with van der Waals surface area (Å²) >= 11 is 0. The Labute approximate surface area is 328 Å². The van der Waals surface area contributed by atoms with Crippen molar-refractivity contribution in [2.45, 2.75) is 134 Å². The van der Waals surface area contributed by atoms with Gasteiger partial charge in [0.2, 0.25) is 46.6 Å². The molecule has 3 fully saturated rings. The molecule has 17 heteroatoms. The molecule has 57 heavy (non-hydrogen) atoms. The molecular formula is C40H51F5N2O10. The topological polar surface area (TPSA) is 162 Å².